The highest BCUT2D eigenvalue weighted by atomic mass is 35.5. The van der Waals surface area contributed by atoms with Crippen LogP contribution in [0.2, 0.25) is 5.15 Å². The molecule has 0 saturated carbocycles. The number of aliphatic hydroxyl groups is 1. The van der Waals surface area contributed by atoms with E-state index in [1.54, 1.807) is 13.8 Å². The number of nitrogens with zero attached hydrogens (tertiary/aromatic N) is 3. The summed E-state index contributed by atoms with van der Waals surface area (Å²) in [6.07, 6.45) is 0. The van der Waals surface area contributed by atoms with E-state index in [0.29, 0.717) is 11.7 Å². The number of aromatic nitrogens is 2. The number of hydrogen-bond donors (Lipinski definition) is 1. The molecule has 0 amide bonds. The van der Waals surface area contributed by atoms with E-state index in [9.17, 15) is 5.11 Å². The van der Waals surface area contributed by atoms with Crippen molar-refractivity contribution in [2.75, 3.05) is 18.5 Å². The first kappa shape index (κ1) is 13.1. The maximum atomic E-state index is 9.86. The molecule has 0 aliphatic heterocycles. The van der Waals surface area contributed by atoms with Crippen LogP contribution >= 0.6 is 11.6 Å². The van der Waals surface area contributed by atoms with Gasteiger partial charge >= 0.3 is 0 Å². The second-order valence-corrected chi connectivity index (χ2v) is 5.39. The first-order chi connectivity index (χ1) is 8.38. The van der Waals surface area contributed by atoms with Crippen molar-refractivity contribution in [2.45, 2.75) is 19.4 Å². The molecule has 0 spiro atoms. The van der Waals surface area contributed by atoms with Gasteiger partial charge in [0.25, 0.3) is 0 Å². The molecule has 2 aromatic rings. The Morgan fingerprint density at radius 2 is 1.83 bits per heavy atom. The molecule has 2 rings (SSSR count). The van der Waals surface area contributed by atoms with Crippen LogP contribution in [0.3, 0.4) is 0 Å². The first-order valence-corrected chi connectivity index (χ1v) is 6.11. The summed E-state index contributed by atoms with van der Waals surface area (Å²) in [7, 11) is 1.88. The third kappa shape index (κ3) is 2.71. The molecule has 1 heterocycles. The maximum absolute atomic E-state index is 9.86. The van der Waals surface area contributed by atoms with Crippen molar-refractivity contribution in [3.63, 3.8) is 0 Å². The zero-order chi connectivity index (χ0) is 13.3. The zero-order valence-corrected chi connectivity index (χ0v) is 11.4. The Morgan fingerprint density at radius 1 is 1.22 bits per heavy atom. The van der Waals surface area contributed by atoms with Gasteiger partial charge in [0.1, 0.15) is 0 Å². The van der Waals surface area contributed by atoms with Gasteiger partial charge in [-0.25, -0.2) is 0 Å². The van der Waals surface area contributed by atoms with Gasteiger partial charge in [-0.15, -0.1) is 10.2 Å². The third-order valence-corrected chi connectivity index (χ3v) is 2.89. The van der Waals surface area contributed by atoms with E-state index in [-0.39, 0.29) is 0 Å². The van der Waals surface area contributed by atoms with Crippen molar-refractivity contribution < 1.29 is 5.11 Å². The van der Waals surface area contributed by atoms with E-state index in [0.717, 1.165) is 16.6 Å². The zero-order valence-electron chi connectivity index (χ0n) is 10.7. The van der Waals surface area contributed by atoms with Crippen LogP contribution in [0.1, 0.15) is 13.8 Å². The van der Waals surface area contributed by atoms with Gasteiger partial charge in [0.05, 0.1) is 5.60 Å². The quantitative estimate of drug-likeness (QED) is 0.926. The van der Waals surface area contributed by atoms with Crippen LogP contribution in [0.25, 0.3) is 10.8 Å². The highest BCUT2D eigenvalue weighted by Crippen LogP contribution is 2.27. The number of rotatable bonds is 3. The van der Waals surface area contributed by atoms with Crippen molar-refractivity contribution in [3.05, 3.63) is 29.4 Å². The number of hydrogen-bond acceptors (Lipinski definition) is 4. The van der Waals surface area contributed by atoms with Crippen molar-refractivity contribution >= 4 is 28.2 Å². The normalized spacial score (nSPS) is 11.8. The standard InChI is InChI=1S/C13H16ClN3O/c1-13(2,18)8-17(3)12-10-7-5-4-6-9(10)11(14)15-16-12/h4-7,18H,8H2,1-3H3. The predicted molar refractivity (Wildman–Crippen MR) is 74.1 cm³/mol. The van der Waals surface area contributed by atoms with Gasteiger partial charge in [-0.1, -0.05) is 35.9 Å². The summed E-state index contributed by atoms with van der Waals surface area (Å²) in [5.41, 5.74) is -0.794. The molecule has 0 unspecified atom stereocenters. The Bertz CT molecular complexity index is 566. The number of benzene rings is 1. The number of likely N-dealkylation sites (N-methyl/N-ethyl adjacent to an activating group) is 1. The van der Waals surface area contributed by atoms with E-state index in [1.807, 2.05) is 36.2 Å². The molecule has 1 aromatic heterocycles. The van der Waals surface area contributed by atoms with E-state index in [4.69, 9.17) is 11.6 Å². The smallest absolute Gasteiger partial charge is 0.159 e. The Labute approximate surface area is 111 Å². The lowest BCUT2D eigenvalue weighted by molar-refractivity contribution is 0.0885. The van der Waals surface area contributed by atoms with Crippen LogP contribution in [0.4, 0.5) is 5.82 Å². The molecule has 18 heavy (non-hydrogen) atoms. The lowest BCUT2D eigenvalue weighted by Gasteiger charge is -2.26. The van der Waals surface area contributed by atoms with Gasteiger partial charge in [-0.3, -0.25) is 0 Å². The van der Waals surface area contributed by atoms with Gasteiger partial charge in [-0.05, 0) is 13.8 Å². The van der Waals surface area contributed by atoms with Crippen molar-refractivity contribution in [3.8, 4) is 0 Å². The van der Waals surface area contributed by atoms with Crippen LogP contribution in [-0.4, -0.2) is 34.5 Å². The number of halogens is 1. The maximum Gasteiger partial charge on any atom is 0.159 e. The summed E-state index contributed by atoms with van der Waals surface area (Å²) in [6, 6.07) is 7.71. The highest BCUT2D eigenvalue weighted by molar-refractivity contribution is 6.34. The minimum atomic E-state index is -0.794. The van der Waals surface area contributed by atoms with E-state index < -0.39 is 5.60 Å². The fourth-order valence-electron chi connectivity index (χ4n) is 1.99. The molecule has 0 radical (unpaired) electrons. The van der Waals surface area contributed by atoms with Crippen LogP contribution in [0, 0.1) is 0 Å². The Balaban J connectivity index is 2.49. The van der Waals surface area contributed by atoms with Crippen LogP contribution in [0.15, 0.2) is 24.3 Å². The third-order valence-electron chi connectivity index (χ3n) is 2.61. The molecule has 0 aliphatic rings. The number of fused-ring (bicyclic) bond motifs is 1. The molecule has 0 aliphatic carbocycles. The number of anilines is 1. The monoisotopic (exact) mass is 265 g/mol. The second-order valence-electron chi connectivity index (χ2n) is 5.03. The van der Waals surface area contributed by atoms with Crippen molar-refractivity contribution in [1.29, 1.82) is 0 Å². The molecule has 0 atom stereocenters. The summed E-state index contributed by atoms with van der Waals surface area (Å²) in [4.78, 5) is 1.88. The van der Waals surface area contributed by atoms with Crippen molar-refractivity contribution in [1.82, 2.24) is 10.2 Å². The average molecular weight is 266 g/mol. The summed E-state index contributed by atoms with van der Waals surface area (Å²) < 4.78 is 0. The van der Waals surface area contributed by atoms with Gasteiger partial charge in [0.15, 0.2) is 11.0 Å². The van der Waals surface area contributed by atoms with E-state index in [2.05, 4.69) is 10.2 Å². The summed E-state index contributed by atoms with van der Waals surface area (Å²) >= 11 is 6.03. The van der Waals surface area contributed by atoms with Crippen LogP contribution < -0.4 is 4.90 Å². The van der Waals surface area contributed by atoms with E-state index >= 15 is 0 Å². The summed E-state index contributed by atoms with van der Waals surface area (Å²) in [5.74, 6) is 0.720. The largest absolute Gasteiger partial charge is 0.389 e. The lowest BCUT2D eigenvalue weighted by atomic mass is 10.1. The lowest BCUT2D eigenvalue weighted by Crippen LogP contribution is -2.36. The molecule has 4 nitrogen and oxygen atoms in total. The molecule has 1 aromatic carbocycles. The Kier molecular flexibility index (Phi) is 3.41. The fourth-order valence-corrected chi connectivity index (χ4v) is 2.20. The topological polar surface area (TPSA) is 49.2 Å². The van der Waals surface area contributed by atoms with Crippen LogP contribution in [-0.2, 0) is 0 Å². The second kappa shape index (κ2) is 4.71. The first-order valence-electron chi connectivity index (χ1n) is 5.73. The van der Waals surface area contributed by atoms with E-state index in [1.165, 1.54) is 0 Å². The van der Waals surface area contributed by atoms with Gasteiger partial charge in [-0.2, -0.15) is 0 Å². The Hall–Kier alpha value is -1.39. The molecule has 0 bridgehead atoms. The van der Waals surface area contributed by atoms with Gasteiger partial charge in [0.2, 0.25) is 0 Å². The molecule has 0 fully saturated rings. The van der Waals surface area contributed by atoms with Gasteiger partial charge < -0.3 is 10.0 Å². The molecule has 1 N–H and O–H groups in total. The minimum absolute atomic E-state index is 0.394. The van der Waals surface area contributed by atoms with Crippen molar-refractivity contribution in [2.24, 2.45) is 0 Å². The molecule has 96 valence electrons. The summed E-state index contributed by atoms with van der Waals surface area (Å²) in [6.45, 7) is 3.98. The fraction of sp³-hybridized carbons (Fsp3) is 0.385. The Morgan fingerprint density at radius 3 is 2.44 bits per heavy atom. The average Bonchev–Trinajstić information content (AvgIpc) is 2.27. The highest BCUT2D eigenvalue weighted by Gasteiger charge is 2.19. The minimum Gasteiger partial charge on any atom is -0.389 e. The molecule has 5 heteroatoms. The molecular weight excluding hydrogens is 250 g/mol. The summed E-state index contributed by atoms with van der Waals surface area (Å²) in [5, 5.41) is 20.1. The molecular formula is C13H16ClN3O. The van der Waals surface area contributed by atoms with Gasteiger partial charge in [0, 0.05) is 24.4 Å². The van der Waals surface area contributed by atoms with Crippen LogP contribution in [0.5, 0.6) is 0 Å². The molecule has 0 saturated heterocycles. The predicted octanol–water partition coefficient (Wildman–Crippen LogP) is 2.49. The SMILES string of the molecule is CN(CC(C)(C)O)c1nnc(Cl)c2ccccc12.